The summed E-state index contributed by atoms with van der Waals surface area (Å²) in [4.78, 5) is 22.2. The fraction of sp³-hybridized carbons (Fsp3) is 0.0833. The third-order valence-corrected chi connectivity index (χ3v) is 2.40. The Morgan fingerprint density at radius 3 is 2.74 bits per heavy atom. The van der Waals surface area contributed by atoms with Crippen LogP contribution < -0.4 is 5.32 Å². The van der Waals surface area contributed by atoms with Crippen LogP contribution in [0.1, 0.15) is 16.1 Å². The summed E-state index contributed by atoms with van der Waals surface area (Å²) in [7, 11) is 0. The van der Waals surface area contributed by atoms with Gasteiger partial charge in [-0.1, -0.05) is 0 Å². The molecule has 0 saturated heterocycles. The van der Waals surface area contributed by atoms with Crippen LogP contribution >= 0.6 is 0 Å². The van der Waals surface area contributed by atoms with Gasteiger partial charge in [0.15, 0.2) is 0 Å². The lowest BCUT2D eigenvalue weighted by Gasteiger charge is -2.06. The number of nitrogens with zero attached hydrogens (tertiary/aromatic N) is 1. The van der Waals surface area contributed by atoms with Gasteiger partial charge in [0.1, 0.15) is 5.82 Å². The molecule has 1 aromatic carbocycles. The first-order chi connectivity index (χ1) is 9.06. The van der Waals surface area contributed by atoms with E-state index in [1.54, 1.807) is 6.07 Å². The topological polar surface area (TPSA) is 95.1 Å². The molecule has 19 heavy (non-hydrogen) atoms. The van der Waals surface area contributed by atoms with E-state index in [1.165, 1.54) is 18.3 Å². The number of halogens is 1. The van der Waals surface area contributed by atoms with Gasteiger partial charge in [0.2, 0.25) is 5.91 Å². The number of rotatable bonds is 4. The second-order valence-electron chi connectivity index (χ2n) is 3.81. The van der Waals surface area contributed by atoms with Crippen molar-refractivity contribution in [2.24, 2.45) is 0 Å². The zero-order chi connectivity index (χ0) is 13.8. The average Bonchev–Trinajstić information content (AvgIpc) is 2.84. The van der Waals surface area contributed by atoms with Crippen LogP contribution in [0.4, 0.5) is 10.1 Å². The van der Waals surface area contributed by atoms with Gasteiger partial charge >= 0.3 is 5.97 Å². The quantitative estimate of drug-likeness (QED) is 0.777. The van der Waals surface area contributed by atoms with Gasteiger partial charge in [0.25, 0.3) is 0 Å². The highest BCUT2D eigenvalue weighted by molar-refractivity contribution is 5.93. The van der Waals surface area contributed by atoms with Crippen LogP contribution in [0.15, 0.2) is 30.5 Å². The summed E-state index contributed by atoms with van der Waals surface area (Å²) in [5.74, 6) is -2.45. The summed E-state index contributed by atoms with van der Waals surface area (Å²) < 4.78 is 13.6. The van der Waals surface area contributed by atoms with Gasteiger partial charge in [0.05, 0.1) is 17.7 Å². The maximum Gasteiger partial charge on any atom is 0.335 e. The van der Waals surface area contributed by atoms with Crippen LogP contribution in [0, 0.1) is 5.82 Å². The van der Waals surface area contributed by atoms with E-state index in [2.05, 4.69) is 15.5 Å². The molecule has 1 aromatic heterocycles. The van der Waals surface area contributed by atoms with E-state index in [1.807, 2.05) is 0 Å². The van der Waals surface area contributed by atoms with Crippen LogP contribution in [-0.4, -0.2) is 27.2 Å². The number of benzene rings is 1. The Balaban J connectivity index is 2.07. The first-order valence-corrected chi connectivity index (χ1v) is 5.37. The van der Waals surface area contributed by atoms with Gasteiger partial charge < -0.3 is 10.4 Å². The third-order valence-electron chi connectivity index (χ3n) is 2.40. The van der Waals surface area contributed by atoms with E-state index in [-0.39, 0.29) is 17.7 Å². The number of carboxylic acid groups (broad SMARTS) is 1. The lowest BCUT2D eigenvalue weighted by atomic mass is 10.2. The Bertz CT molecular complexity index is 611. The smallest absolute Gasteiger partial charge is 0.335 e. The van der Waals surface area contributed by atoms with Crippen molar-refractivity contribution in [1.29, 1.82) is 0 Å². The normalized spacial score (nSPS) is 10.2. The Labute approximate surface area is 107 Å². The summed E-state index contributed by atoms with van der Waals surface area (Å²) in [6, 6.07) is 4.92. The molecule has 1 amide bonds. The van der Waals surface area contributed by atoms with Crippen molar-refractivity contribution >= 4 is 17.6 Å². The lowest BCUT2D eigenvalue weighted by Crippen LogP contribution is -2.16. The van der Waals surface area contributed by atoms with Crippen molar-refractivity contribution in [2.75, 3.05) is 5.32 Å². The summed E-state index contributed by atoms with van der Waals surface area (Å²) in [6.07, 6.45) is 1.53. The first-order valence-electron chi connectivity index (χ1n) is 5.37. The molecule has 0 spiro atoms. The molecule has 2 aromatic rings. The van der Waals surface area contributed by atoms with Gasteiger partial charge in [-0.05, 0) is 24.3 Å². The molecule has 0 aliphatic carbocycles. The molecule has 0 bridgehead atoms. The largest absolute Gasteiger partial charge is 0.478 e. The fourth-order valence-corrected chi connectivity index (χ4v) is 1.50. The predicted octanol–water partition coefficient (Wildman–Crippen LogP) is 1.43. The van der Waals surface area contributed by atoms with Crippen LogP contribution in [0.3, 0.4) is 0 Å². The molecule has 7 heteroatoms. The number of H-pyrrole nitrogens is 1. The van der Waals surface area contributed by atoms with Crippen molar-refractivity contribution in [3.8, 4) is 0 Å². The number of carbonyl (C=O) groups excluding carboxylic acids is 1. The summed E-state index contributed by atoms with van der Waals surface area (Å²) in [5.41, 5.74) is 0.360. The van der Waals surface area contributed by atoms with Crippen molar-refractivity contribution in [3.63, 3.8) is 0 Å². The molecule has 0 unspecified atom stereocenters. The number of carboxylic acids is 1. The number of nitrogens with one attached hydrogen (secondary N) is 2. The van der Waals surface area contributed by atoms with Crippen LogP contribution in [-0.2, 0) is 11.2 Å². The second-order valence-corrected chi connectivity index (χ2v) is 3.81. The maximum atomic E-state index is 13.6. The van der Waals surface area contributed by atoms with E-state index in [0.717, 1.165) is 6.07 Å². The highest BCUT2D eigenvalue weighted by atomic mass is 19.1. The molecule has 1 heterocycles. The van der Waals surface area contributed by atoms with Gasteiger partial charge in [-0.15, -0.1) is 0 Å². The zero-order valence-corrected chi connectivity index (χ0v) is 9.68. The standard InChI is InChI=1S/C12H10FN3O3/c13-9-5-7(12(18)19)1-2-10(9)15-11(17)6-8-3-4-14-16-8/h1-5H,6H2,(H,14,16)(H,15,17)(H,18,19). The summed E-state index contributed by atoms with van der Waals surface area (Å²) in [6.45, 7) is 0. The highest BCUT2D eigenvalue weighted by Gasteiger charge is 2.11. The Kier molecular flexibility index (Phi) is 3.56. The average molecular weight is 263 g/mol. The second kappa shape index (κ2) is 5.30. The number of amides is 1. The van der Waals surface area contributed by atoms with Crippen LogP contribution in [0.2, 0.25) is 0 Å². The Hall–Kier alpha value is -2.70. The van der Waals surface area contributed by atoms with Crippen LogP contribution in [0.5, 0.6) is 0 Å². The van der Waals surface area contributed by atoms with Gasteiger partial charge in [0, 0.05) is 11.9 Å². The Morgan fingerprint density at radius 1 is 1.37 bits per heavy atom. The van der Waals surface area contributed by atoms with Gasteiger partial charge in [-0.2, -0.15) is 5.10 Å². The Morgan fingerprint density at radius 2 is 2.16 bits per heavy atom. The van der Waals surface area contributed by atoms with Crippen molar-refractivity contribution in [2.45, 2.75) is 6.42 Å². The van der Waals surface area contributed by atoms with Crippen LogP contribution in [0.25, 0.3) is 0 Å². The van der Waals surface area contributed by atoms with Crippen molar-refractivity contribution in [1.82, 2.24) is 10.2 Å². The molecular weight excluding hydrogens is 253 g/mol. The minimum Gasteiger partial charge on any atom is -0.478 e. The van der Waals surface area contributed by atoms with Crippen molar-refractivity contribution in [3.05, 3.63) is 47.5 Å². The number of carbonyl (C=O) groups is 2. The highest BCUT2D eigenvalue weighted by Crippen LogP contribution is 2.16. The summed E-state index contributed by atoms with van der Waals surface area (Å²) in [5, 5.41) is 17.3. The number of aromatic carboxylic acids is 1. The predicted molar refractivity (Wildman–Crippen MR) is 64.3 cm³/mol. The summed E-state index contributed by atoms with van der Waals surface area (Å²) >= 11 is 0. The van der Waals surface area contributed by atoms with E-state index < -0.39 is 17.7 Å². The molecule has 6 nitrogen and oxygen atoms in total. The first kappa shape index (κ1) is 12.7. The van der Waals surface area contributed by atoms with E-state index in [4.69, 9.17) is 5.11 Å². The minimum atomic E-state index is -1.23. The zero-order valence-electron chi connectivity index (χ0n) is 9.68. The third kappa shape index (κ3) is 3.15. The molecule has 2 rings (SSSR count). The molecular formula is C12H10FN3O3. The van der Waals surface area contributed by atoms with Crippen molar-refractivity contribution < 1.29 is 19.1 Å². The number of aromatic nitrogens is 2. The van der Waals surface area contributed by atoms with E-state index >= 15 is 0 Å². The fourth-order valence-electron chi connectivity index (χ4n) is 1.50. The minimum absolute atomic E-state index is 0.0279. The molecule has 0 saturated carbocycles. The number of aromatic amines is 1. The number of hydrogen-bond donors (Lipinski definition) is 3. The molecule has 0 radical (unpaired) electrons. The maximum absolute atomic E-state index is 13.6. The molecule has 98 valence electrons. The monoisotopic (exact) mass is 263 g/mol. The lowest BCUT2D eigenvalue weighted by molar-refractivity contribution is -0.115. The van der Waals surface area contributed by atoms with Gasteiger partial charge in [-0.25, -0.2) is 9.18 Å². The van der Waals surface area contributed by atoms with Gasteiger partial charge in [-0.3, -0.25) is 9.89 Å². The molecule has 0 aliphatic heterocycles. The SMILES string of the molecule is O=C(Cc1ccn[nH]1)Nc1ccc(C(=O)O)cc1F. The van der Waals surface area contributed by atoms with E-state index in [0.29, 0.717) is 5.69 Å². The molecule has 0 atom stereocenters. The molecule has 0 aliphatic rings. The number of anilines is 1. The number of hydrogen-bond acceptors (Lipinski definition) is 3. The van der Waals surface area contributed by atoms with E-state index in [9.17, 15) is 14.0 Å². The molecule has 3 N–H and O–H groups in total. The molecule has 0 fully saturated rings.